The van der Waals surface area contributed by atoms with Gasteiger partial charge in [-0.3, -0.25) is 14.4 Å². The maximum Gasteiger partial charge on any atom is 0.306 e. The summed E-state index contributed by atoms with van der Waals surface area (Å²) < 4.78 is 16.9. The molecule has 0 fully saturated rings. The van der Waals surface area contributed by atoms with E-state index in [4.69, 9.17) is 14.2 Å². The third-order valence-corrected chi connectivity index (χ3v) is 14.3. The number of esters is 3. The second kappa shape index (κ2) is 61.9. The SMILES string of the molecule is CC/C=C\C/C=C\C/C=C\C/C=C\CCCCC(=O)OCC(COC(=O)CCCCCCCCCCCCCCCCCCCCCCCCCC)OC(=O)CCCCCCCCCCCCCCCCCC. The Hall–Kier alpha value is -2.63. The molecule has 0 bridgehead atoms. The van der Waals surface area contributed by atoms with Crippen LogP contribution in [-0.4, -0.2) is 37.2 Å². The van der Waals surface area contributed by atoms with E-state index >= 15 is 0 Å². The van der Waals surface area contributed by atoms with Crippen LogP contribution in [0.4, 0.5) is 0 Å². The molecule has 73 heavy (non-hydrogen) atoms. The van der Waals surface area contributed by atoms with E-state index in [1.165, 1.54) is 218 Å². The smallest absolute Gasteiger partial charge is 0.306 e. The number of ether oxygens (including phenoxy) is 3. The molecule has 426 valence electrons. The molecule has 0 aromatic heterocycles. The molecule has 6 nitrogen and oxygen atoms in total. The van der Waals surface area contributed by atoms with Gasteiger partial charge in [0, 0.05) is 19.3 Å². The van der Waals surface area contributed by atoms with Crippen LogP contribution < -0.4 is 0 Å². The molecule has 0 rings (SSSR count). The first-order valence-electron chi connectivity index (χ1n) is 32.1. The fourth-order valence-corrected chi connectivity index (χ4v) is 9.56. The molecule has 0 heterocycles. The molecule has 0 spiro atoms. The molecule has 0 amide bonds. The summed E-state index contributed by atoms with van der Waals surface area (Å²) in [6, 6.07) is 0. The van der Waals surface area contributed by atoms with Crippen LogP contribution in [0.15, 0.2) is 48.6 Å². The number of rotatable bonds is 59. The minimum absolute atomic E-state index is 0.0813. The number of hydrogen-bond acceptors (Lipinski definition) is 6. The fourth-order valence-electron chi connectivity index (χ4n) is 9.56. The largest absolute Gasteiger partial charge is 0.462 e. The van der Waals surface area contributed by atoms with Gasteiger partial charge in [-0.25, -0.2) is 0 Å². The van der Waals surface area contributed by atoms with Crippen molar-refractivity contribution >= 4 is 17.9 Å². The molecule has 0 aromatic carbocycles. The molecule has 0 saturated heterocycles. The summed E-state index contributed by atoms with van der Waals surface area (Å²) in [7, 11) is 0. The first kappa shape index (κ1) is 70.4. The second-order valence-corrected chi connectivity index (χ2v) is 21.7. The van der Waals surface area contributed by atoms with Crippen molar-refractivity contribution in [3.05, 3.63) is 48.6 Å². The zero-order chi connectivity index (χ0) is 52.9. The van der Waals surface area contributed by atoms with Crippen molar-refractivity contribution in [2.75, 3.05) is 13.2 Å². The third-order valence-electron chi connectivity index (χ3n) is 14.3. The second-order valence-electron chi connectivity index (χ2n) is 21.7. The lowest BCUT2D eigenvalue weighted by molar-refractivity contribution is -0.167. The molecule has 0 aliphatic heterocycles. The molecule has 0 aliphatic rings. The molecular formula is C67H122O6. The van der Waals surface area contributed by atoms with Gasteiger partial charge in [-0.1, -0.05) is 313 Å². The van der Waals surface area contributed by atoms with Crippen molar-refractivity contribution in [2.24, 2.45) is 0 Å². The maximum atomic E-state index is 12.9. The fraction of sp³-hybridized carbons (Fsp3) is 0.836. The van der Waals surface area contributed by atoms with Crippen molar-refractivity contribution in [2.45, 2.75) is 348 Å². The lowest BCUT2D eigenvalue weighted by atomic mass is 10.0. The molecule has 6 heteroatoms. The average molecular weight is 1020 g/mol. The standard InChI is InChI=1S/C67H122O6/c1-4-7-10-13-16-19-22-25-28-30-31-32-33-34-35-36-37-40-42-45-48-51-54-57-60-66(69)72-63-64(62-71-65(68)59-56-53-50-47-44-41-38-27-24-21-18-15-12-9-6-3)73-67(70)61-58-55-52-49-46-43-39-29-26-23-20-17-14-11-8-5-2/h9,12,18,21,27,38,44,47,64H,4-8,10-11,13-17,19-20,22-26,28-37,39-43,45-46,48-63H2,1-3H3/b12-9-,21-18-,38-27-,47-44-. The Morgan fingerprint density at radius 1 is 0.288 bits per heavy atom. The highest BCUT2D eigenvalue weighted by Crippen LogP contribution is 2.18. The average Bonchev–Trinajstić information content (AvgIpc) is 3.39. The van der Waals surface area contributed by atoms with Crippen LogP contribution in [0.25, 0.3) is 0 Å². The van der Waals surface area contributed by atoms with Gasteiger partial charge in [-0.15, -0.1) is 0 Å². The Labute approximate surface area is 454 Å². The van der Waals surface area contributed by atoms with Crippen LogP contribution in [0.3, 0.4) is 0 Å². The lowest BCUT2D eigenvalue weighted by Gasteiger charge is -2.18. The molecule has 0 radical (unpaired) electrons. The molecule has 0 aliphatic carbocycles. The van der Waals surface area contributed by atoms with Gasteiger partial charge in [0.25, 0.3) is 0 Å². The number of allylic oxidation sites excluding steroid dienone is 8. The molecule has 0 aromatic rings. The van der Waals surface area contributed by atoms with E-state index in [1.807, 2.05) is 0 Å². The minimum Gasteiger partial charge on any atom is -0.462 e. The molecule has 0 N–H and O–H groups in total. The van der Waals surface area contributed by atoms with Gasteiger partial charge in [-0.2, -0.15) is 0 Å². The van der Waals surface area contributed by atoms with Crippen molar-refractivity contribution in [3.63, 3.8) is 0 Å². The van der Waals surface area contributed by atoms with E-state index in [9.17, 15) is 14.4 Å². The number of hydrogen-bond donors (Lipinski definition) is 0. The van der Waals surface area contributed by atoms with E-state index in [2.05, 4.69) is 69.4 Å². The van der Waals surface area contributed by atoms with E-state index in [1.54, 1.807) is 0 Å². The Bertz CT molecular complexity index is 1270. The highest BCUT2D eigenvalue weighted by molar-refractivity contribution is 5.71. The topological polar surface area (TPSA) is 78.9 Å². The van der Waals surface area contributed by atoms with Crippen molar-refractivity contribution < 1.29 is 28.6 Å². The highest BCUT2D eigenvalue weighted by Gasteiger charge is 2.19. The van der Waals surface area contributed by atoms with Crippen LogP contribution in [0.1, 0.15) is 342 Å². The summed E-state index contributed by atoms with van der Waals surface area (Å²) in [5.74, 6) is -0.902. The summed E-state index contributed by atoms with van der Waals surface area (Å²) in [5, 5.41) is 0. The Balaban J connectivity index is 4.29. The van der Waals surface area contributed by atoms with E-state index < -0.39 is 6.10 Å². The van der Waals surface area contributed by atoms with Crippen LogP contribution >= 0.6 is 0 Å². The molecule has 0 saturated carbocycles. The Morgan fingerprint density at radius 2 is 0.534 bits per heavy atom. The predicted octanol–water partition coefficient (Wildman–Crippen LogP) is 21.8. The molecular weight excluding hydrogens is 901 g/mol. The number of unbranched alkanes of at least 4 members (excludes halogenated alkanes) is 40. The summed E-state index contributed by atoms with van der Waals surface area (Å²) in [6.07, 6.45) is 77.0. The van der Waals surface area contributed by atoms with Crippen LogP contribution in [0.2, 0.25) is 0 Å². The van der Waals surface area contributed by atoms with E-state index in [-0.39, 0.29) is 31.1 Å². The quantitative estimate of drug-likeness (QED) is 0.0261. The van der Waals surface area contributed by atoms with Gasteiger partial charge >= 0.3 is 17.9 Å². The first-order chi connectivity index (χ1) is 36.0. The Kier molecular flexibility index (Phi) is 59.7. The van der Waals surface area contributed by atoms with Gasteiger partial charge < -0.3 is 14.2 Å². The molecule has 1 atom stereocenters. The summed E-state index contributed by atoms with van der Waals surface area (Å²) in [6.45, 7) is 6.55. The van der Waals surface area contributed by atoms with Gasteiger partial charge in [0.2, 0.25) is 0 Å². The maximum absolute atomic E-state index is 12.9. The monoisotopic (exact) mass is 1020 g/mol. The number of carbonyl (C=O) groups is 3. The Morgan fingerprint density at radius 3 is 0.836 bits per heavy atom. The van der Waals surface area contributed by atoms with Gasteiger partial charge in [0.1, 0.15) is 13.2 Å². The van der Waals surface area contributed by atoms with Crippen molar-refractivity contribution in [3.8, 4) is 0 Å². The van der Waals surface area contributed by atoms with Crippen LogP contribution in [-0.2, 0) is 28.6 Å². The number of carbonyl (C=O) groups excluding carboxylic acids is 3. The van der Waals surface area contributed by atoms with Crippen LogP contribution in [0.5, 0.6) is 0 Å². The van der Waals surface area contributed by atoms with Crippen molar-refractivity contribution in [1.82, 2.24) is 0 Å². The molecule has 1 unspecified atom stereocenters. The lowest BCUT2D eigenvalue weighted by Crippen LogP contribution is -2.30. The predicted molar refractivity (Wildman–Crippen MR) is 316 cm³/mol. The first-order valence-corrected chi connectivity index (χ1v) is 32.1. The van der Waals surface area contributed by atoms with Gasteiger partial charge in [0.15, 0.2) is 6.10 Å². The minimum atomic E-state index is -0.787. The summed E-state index contributed by atoms with van der Waals surface area (Å²) >= 11 is 0. The van der Waals surface area contributed by atoms with E-state index in [0.717, 1.165) is 83.5 Å². The summed E-state index contributed by atoms with van der Waals surface area (Å²) in [5.41, 5.74) is 0. The van der Waals surface area contributed by atoms with Crippen LogP contribution in [0, 0.1) is 0 Å². The van der Waals surface area contributed by atoms with Gasteiger partial charge in [-0.05, 0) is 57.8 Å². The summed E-state index contributed by atoms with van der Waals surface area (Å²) in [4.78, 5) is 38.3. The van der Waals surface area contributed by atoms with Gasteiger partial charge in [0.05, 0.1) is 0 Å². The zero-order valence-electron chi connectivity index (χ0n) is 48.9. The highest BCUT2D eigenvalue weighted by atomic mass is 16.6. The zero-order valence-corrected chi connectivity index (χ0v) is 48.9. The third kappa shape index (κ3) is 60.1. The normalized spacial score (nSPS) is 12.3. The van der Waals surface area contributed by atoms with E-state index in [0.29, 0.717) is 19.3 Å². The van der Waals surface area contributed by atoms with Crippen molar-refractivity contribution in [1.29, 1.82) is 0 Å².